The van der Waals surface area contributed by atoms with Crippen LogP contribution >= 0.6 is 0 Å². The van der Waals surface area contributed by atoms with Gasteiger partial charge in [0.2, 0.25) is 0 Å². The summed E-state index contributed by atoms with van der Waals surface area (Å²) in [6, 6.07) is 35.7. The molecule has 0 radical (unpaired) electrons. The first-order valence-corrected chi connectivity index (χ1v) is 20.9. The van der Waals surface area contributed by atoms with Gasteiger partial charge in [-0.3, -0.25) is 9.59 Å². The molecule has 8 aromatic carbocycles. The third kappa shape index (κ3) is 7.75. The molecule has 0 bridgehead atoms. The van der Waals surface area contributed by atoms with E-state index in [1.54, 1.807) is 36.4 Å². The molecule has 0 spiro atoms. The molecule has 0 unspecified atom stereocenters. The van der Waals surface area contributed by atoms with Crippen LogP contribution in [-0.4, -0.2) is 72.5 Å². The Morgan fingerprint density at radius 2 is 0.824 bits per heavy atom. The molecule has 68 heavy (non-hydrogen) atoms. The van der Waals surface area contributed by atoms with Gasteiger partial charge in [0.15, 0.2) is 10.9 Å². The minimum atomic E-state index is -1.23. The Hall–Kier alpha value is -9.30. The predicted octanol–water partition coefficient (Wildman–Crippen LogP) is 10.5. The van der Waals surface area contributed by atoms with E-state index in [2.05, 4.69) is 0 Å². The lowest BCUT2D eigenvalue weighted by Gasteiger charge is -2.17. The maximum absolute atomic E-state index is 12.2. The minimum absolute atomic E-state index is 0.0227. The molecule has 2 aromatic heterocycles. The number of carboxylic acids is 4. The van der Waals surface area contributed by atoms with Crippen LogP contribution in [0.25, 0.3) is 87.7 Å². The van der Waals surface area contributed by atoms with Crippen LogP contribution in [0.1, 0.15) is 41.4 Å². The predicted molar refractivity (Wildman–Crippen MR) is 262 cm³/mol. The van der Waals surface area contributed by atoms with E-state index in [4.69, 9.17) is 8.83 Å². The lowest BCUT2D eigenvalue weighted by atomic mass is 9.91. The molecule has 0 saturated heterocycles. The van der Waals surface area contributed by atoms with Crippen molar-refractivity contribution in [3.63, 3.8) is 0 Å². The third-order valence-corrected chi connectivity index (χ3v) is 11.9. The second kappa shape index (κ2) is 16.9. The summed E-state index contributed by atoms with van der Waals surface area (Å²) in [4.78, 5) is 75.2. The molecule has 10 aromatic rings. The Morgan fingerprint density at radius 3 is 1.28 bits per heavy atom. The quantitative estimate of drug-likeness (QED) is 0.0824. The van der Waals surface area contributed by atoms with Crippen molar-refractivity contribution >= 4 is 101 Å². The zero-order chi connectivity index (χ0) is 48.3. The summed E-state index contributed by atoms with van der Waals surface area (Å²) in [5, 5.41) is 44.2. The number of aromatic carboxylic acids is 4. The van der Waals surface area contributed by atoms with Gasteiger partial charge in [-0.25, -0.2) is 19.2 Å². The van der Waals surface area contributed by atoms with Crippen LogP contribution in [-0.2, 0) is 0 Å². The molecular weight excluding hydrogens is 869 g/mol. The van der Waals surface area contributed by atoms with Gasteiger partial charge in [0, 0.05) is 95.1 Å². The van der Waals surface area contributed by atoms with Crippen LogP contribution < -0.4 is 20.7 Å². The topological polar surface area (TPSA) is 216 Å². The van der Waals surface area contributed by atoms with E-state index in [9.17, 15) is 49.2 Å². The fourth-order valence-corrected chi connectivity index (χ4v) is 8.57. The summed E-state index contributed by atoms with van der Waals surface area (Å²) < 4.78 is 12.7. The van der Waals surface area contributed by atoms with Gasteiger partial charge in [-0.2, -0.15) is 0 Å². The minimum Gasteiger partial charge on any atom is -0.478 e. The summed E-state index contributed by atoms with van der Waals surface area (Å²) in [5.74, 6) is -4.77. The van der Waals surface area contributed by atoms with Gasteiger partial charge in [-0.15, -0.1) is 0 Å². The summed E-state index contributed by atoms with van der Waals surface area (Å²) in [5.41, 5.74) is 5.07. The first kappa shape index (κ1) is 43.9. The van der Waals surface area contributed by atoms with E-state index in [-0.39, 0.29) is 38.7 Å². The van der Waals surface area contributed by atoms with Crippen LogP contribution in [0, 0.1) is 0 Å². The van der Waals surface area contributed by atoms with Crippen LogP contribution in [0.5, 0.6) is 0 Å². The van der Waals surface area contributed by atoms with Gasteiger partial charge >= 0.3 is 23.9 Å². The fraction of sp³-hybridized carbons (Fsp3) is 0.0741. The zero-order valence-electron chi connectivity index (χ0n) is 36.7. The Bertz CT molecular complexity index is 3940. The summed E-state index contributed by atoms with van der Waals surface area (Å²) in [6.45, 7) is 0. The van der Waals surface area contributed by atoms with E-state index in [0.29, 0.717) is 76.7 Å². The molecule has 0 atom stereocenters. The van der Waals surface area contributed by atoms with Crippen molar-refractivity contribution < 1.29 is 48.4 Å². The third-order valence-electron chi connectivity index (χ3n) is 11.9. The Labute approximate surface area is 384 Å². The SMILES string of the molecule is CN(C)c1ccc2c(-c3cc(C(=O)O)ccc3C(=O)O)c3ccc4cc(=O)ccc4c3oc2c1.CN(C)c1ccc2c(-c3ccc(C(=O)O)cc3C(=O)O)c3ccc4cc(=O)ccc4c3oc2c1. The maximum Gasteiger partial charge on any atom is 0.336 e. The second-order valence-electron chi connectivity index (χ2n) is 16.5. The first-order chi connectivity index (χ1) is 32.5. The molecule has 0 amide bonds. The molecule has 10 rings (SSSR count). The van der Waals surface area contributed by atoms with E-state index >= 15 is 0 Å². The monoisotopic (exact) mass is 906 g/mol. The summed E-state index contributed by atoms with van der Waals surface area (Å²) in [7, 11) is 7.60. The van der Waals surface area contributed by atoms with Crippen molar-refractivity contribution in [2.75, 3.05) is 38.0 Å². The highest BCUT2D eigenvalue weighted by atomic mass is 16.4. The number of carbonyl (C=O) groups is 4. The molecule has 0 aliphatic rings. The number of benzene rings is 8. The highest BCUT2D eigenvalue weighted by Crippen LogP contribution is 2.43. The number of rotatable bonds is 8. The molecular formula is C54H38N2O12. The Kier molecular flexibility index (Phi) is 10.9. The van der Waals surface area contributed by atoms with Crippen molar-refractivity contribution in [3.05, 3.63) is 176 Å². The molecule has 14 nitrogen and oxygen atoms in total. The van der Waals surface area contributed by atoms with Gasteiger partial charge in [0.05, 0.1) is 22.3 Å². The van der Waals surface area contributed by atoms with Crippen LogP contribution in [0.3, 0.4) is 0 Å². The Balaban J connectivity index is 0.000000170. The van der Waals surface area contributed by atoms with Gasteiger partial charge in [0.25, 0.3) is 0 Å². The molecule has 0 fully saturated rings. The van der Waals surface area contributed by atoms with E-state index in [1.165, 1.54) is 60.7 Å². The number of hydrogen-bond acceptors (Lipinski definition) is 10. The van der Waals surface area contributed by atoms with Crippen molar-refractivity contribution in [2.24, 2.45) is 0 Å². The van der Waals surface area contributed by atoms with E-state index in [1.807, 2.05) is 74.4 Å². The fourth-order valence-electron chi connectivity index (χ4n) is 8.57. The highest BCUT2D eigenvalue weighted by molar-refractivity contribution is 6.19. The van der Waals surface area contributed by atoms with Crippen molar-refractivity contribution in [1.29, 1.82) is 0 Å². The molecule has 4 N–H and O–H groups in total. The highest BCUT2D eigenvalue weighted by Gasteiger charge is 2.24. The van der Waals surface area contributed by atoms with Crippen molar-refractivity contribution in [3.8, 4) is 22.3 Å². The molecule has 0 saturated carbocycles. The second-order valence-corrected chi connectivity index (χ2v) is 16.5. The number of anilines is 2. The zero-order valence-corrected chi connectivity index (χ0v) is 36.7. The van der Waals surface area contributed by atoms with Crippen LogP contribution in [0.4, 0.5) is 11.4 Å². The summed E-state index contributed by atoms with van der Waals surface area (Å²) in [6.07, 6.45) is 0. The average Bonchev–Trinajstić information content (AvgIpc) is 3.31. The largest absolute Gasteiger partial charge is 0.478 e. The van der Waals surface area contributed by atoms with Gasteiger partial charge < -0.3 is 39.1 Å². The van der Waals surface area contributed by atoms with Crippen molar-refractivity contribution in [1.82, 2.24) is 0 Å². The maximum atomic E-state index is 12.2. The number of fused-ring (bicyclic) bond motifs is 8. The number of carboxylic acid groups (broad SMARTS) is 4. The van der Waals surface area contributed by atoms with Gasteiger partial charge in [0.1, 0.15) is 22.3 Å². The molecule has 14 heteroatoms. The smallest absolute Gasteiger partial charge is 0.336 e. The first-order valence-electron chi connectivity index (χ1n) is 20.9. The number of nitrogens with zero attached hydrogens (tertiary/aromatic N) is 2. The normalized spacial score (nSPS) is 11.2. The van der Waals surface area contributed by atoms with Crippen molar-refractivity contribution in [2.45, 2.75) is 0 Å². The van der Waals surface area contributed by atoms with Crippen LogP contribution in [0.2, 0.25) is 0 Å². The standard InChI is InChI=1S/2C27H19NO6/c1-28(2)16-5-9-20-23(13-16)34-25-18-10-6-17(29)11-14(18)3-8-21(25)24(20)22-12-15(26(30)31)4-7-19(22)27(32)33;1-28(2)16-5-9-20-23(13-16)34-25-18-10-6-17(29)11-14(18)3-8-21(25)24(20)19-7-4-15(26(30)31)12-22(19)27(32)33/h2*3-13H,1-2H3,(H,30,31)(H,32,33). The Morgan fingerprint density at radius 1 is 0.397 bits per heavy atom. The lowest BCUT2D eigenvalue weighted by molar-refractivity contribution is 0.0682. The van der Waals surface area contributed by atoms with E-state index < -0.39 is 23.9 Å². The molecule has 0 aliphatic heterocycles. The number of hydrogen-bond donors (Lipinski definition) is 4. The van der Waals surface area contributed by atoms with Gasteiger partial charge in [-0.1, -0.05) is 18.2 Å². The van der Waals surface area contributed by atoms with Gasteiger partial charge in [-0.05, 0) is 125 Å². The lowest BCUT2D eigenvalue weighted by Crippen LogP contribution is -2.08. The molecule has 336 valence electrons. The molecule has 2 heterocycles. The van der Waals surface area contributed by atoms with Crippen LogP contribution in [0.15, 0.2) is 152 Å². The summed E-state index contributed by atoms with van der Waals surface area (Å²) >= 11 is 0. The molecule has 0 aliphatic carbocycles. The average molecular weight is 907 g/mol. The van der Waals surface area contributed by atoms with E-state index in [0.717, 1.165) is 16.8 Å².